The number of ether oxygens (including phenoxy) is 1. The molecule has 0 spiro atoms. The predicted octanol–water partition coefficient (Wildman–Crippen LogP) is 1.32. The topological polar surface area (TPSA) is 67.6 Å². The van der Waals surface area contributed by atoms with Crippen LogP contribution in [0.15, 0.2) is 0 Å². The molecule has 0 aromatic heterocycles. The Balaban J connectivity index is 2.38. The Labute approximate surface area is 110 Å². The van der Waals surface area contributed by atoms with Crippen molar-refractivity contribution in [2.24, 2.45) is 5.73 Å². The maximum atomic E-state index is 11.6. The molecule has 5 heteroatoms. The third-order valence-electron chi connectivity index (χ3n) is 3.23. The van der Waals surface area contributed by atoms with Gasteiger partial charge in [0.05, 0.1) is 0 Å². The summed E-state index contributed by atoms with van der Waals surface area (Å²) in [6, 6.07) is 0.758. The Morgan fingerprint density at radius 1 is 1.56 bits per heavy atom. The van der Waals surface area contributed by atoms with E-state index in [0.717, 1.165) is 6.54 Å². The molecule has 1 rings (SSSR count). The third kappa shape index (κ3) is 4.82. The van der Waals surface area contributed by atoms with Crippen LogP contribution in [0.3, 0.4) is 0 Å². The number of hydrogen-bond acceptors (Lipinski definition) is 4. The molecule has 1 fully saturated rings. The SMILES string of the molecule is CC1CCCN1C(CN)CNC(=O)OC(C)(C)C. The Kier molecular flexibility index (Phi) is 5.41. The lowest BCUT2D eigenvalue weighted by atomic mass is 10.2. The Morgan fingerprint density at radius 3 is 2.67 bits per heavy atom. The van der Waals surface area contributed by atoms with Gasteiger partial charge in [-0.25, -0.2) is 4.79 Å². The fourth-order valence-electron chi connectivity index (χ4n) is 2.35. The summed E-state index contributed by atoms with van der Waals surface area (Å²) in [4.78, 5) is 14.0. The van der Waals surface area contributed by atoms with Gasteiger partial charge in [-0.1, -0.05) is 0 Å². The van der Waals surface area contributed by atoms with E-state index < -0.39 is 5.60 Å². The molecule has 1 amide bonds. The van der Waals surface area contributed by atoms with Crippen LogP contribution in [-0.4, -0.2) is 48.3 Å². The molecule has 0 aliphatic carbocycles. The van der Waals surface area contributed by atoms with Gasteiger partial charge in [-0.2, -0.15) is 0 Å². The number of nitrogens with one attached hydrogen (secondary N) is 1. The third-order valence-corrected chi connectivity index (χ3v) is 3.23. The first-order chi connectivity index (χ1) is 8.33. The molecule has 0 aromatic rings. The first-order valence-corrected chi connectivity index (χ1v) is 6.76. The van der Waals surface area contributed by atoms with Crippen molar-refractivity contribution in [3.8, 4) is 0 Å². The van der Waals surface area contributed by atoms with Crippen molar-refractivity contribution in [3.05, 3.63) is 0 Å². The van der Waals surface area contributed by atoms with Gasteiger partial charge in [0.25, 0.3) is 0 Å². The highest BCUT2D eigenvalue weighted by Crippen LogP contribution is 2.18. The van der Waals surface area contributed by atoms with Crippen LogP contribution in [0.2, 0.25) is 0 Å². The number of likely N-dealkylation sites (tertiary alicyclic amines) is 1. The van der Waals surface area contributed by atoms with E-state index in [2.05, 4.69) is 17.1 Å². The summed E-state index contributed by atoms with van der Waals surface area (Å²) in [6.07, 6.45) is 2.06. The molecule has 1 heterocycles. The lowest BCUT2D eigenvalue weighted by Crippen LogP contribution is -2.49. The average molecular weight is 257 g/mol. The van der Waals surface area contributed by atoms with E-state index in [4.69, 9.17) is 10.5 Å². The summed E-state index contributed by atoms with van der Waals surface area (Å²) < 4.78 is 5.21. The first kappa shape index (κ1) is 15.2. The summed E-state index contributed by atoms with van der Waals surface area (Å²) >= 11 is 0. The first-order valence-electron chi connectivity index (χ1n) is 6.76. The van der Waals surface area contributed by atoms with E-state index in [1.807, 2.05) is 20.8 Å². The Hall–Kier alpha value is -0.810. The zero-order valence-electron chi connectivity index (χ0n) is 12.0. The van der Waals surface area contributed by atoms with Gasteiger partial charge >= 0.3 is 6.09 Å². The normalized spacial score (nSPS) is 22.8. The molecule has 2 atom stereocenters. The highest BCUT2D eigenvalue weighted by atomic mass is 16.6. The smallest absolute Gasteiger partial charge is 0.407 e. The lowest BCUT2D eigenvalue weighted by Gasteiger charge is -2.31. The molecule has 0 radical (unpaired) electrons. The number of carbonyl (C=O) groups is 1. The fourth-order valence-corrected chi connectivity index (χ4v) is 2.35. The van der Waals surface area contributed by atoms with Crippen molar-refractivity contribution in [2.75, 3.05) is 19.6 Å². The summed E-state index contributed by atoms with van der Waals surface area (Å²) in [6.45, 7) is 9.96. The molecule has 0 aromatic carbocycles. The second-order valence-corrected chi connectivity index (χ2v) is 6.00. The van der Waals surface area contributed by atoms with E-state index in [1.165, 1.54) is 12.8 Å². The molecule has 18 heavy (non-hydrogen) atoms. The molecule has 5 nitrogen and oxygen atoms in total. The van der Waals surface area contributed by atoms with Gasteiger partial charge in [0, 0.05) is 25.2 Å². The zero-order valence-corrected chi connectivity index (χ0v) is 12.0. The van der Waals surface area contributed by atoms with E-state index in [9.17, 15) is 4.79 Å². The number of carbonyl (C=O) groups excluding carboxylic acids is 1. The summed E-state index contributed by atoms with van der Waals surface area (Å²) in [5, 5.41) is 2.80. The maximum absolute atomic E-state index is 11.6. The minimum Gasteiger partial charge on any atom is -0.444 e. The van der Waals surface area contributed by atoms with Crippen LogP contribution < -0.4 is 11.1 Å². The maximum Gasteiger partial charge on any atom is 0.407 e. The number of nitrogens with two attached hydrogens (primary N) is 1. The van der Waals surface area contributed by atoms with Crippen LogP contribution in [0.5, 0.6) is 0 Å². The minimum absolute atomic E-state index is 0.204. The summed E-state index contributed by atoms with van der Waals surface area (Å²) in [5.74, 6) is 0. The highest BCUT2D eigenvalue weighted by molar-refractivity contribution is 5.67. The average Bonchev–Trinajstić information content (AvgIpc) is 2.63. The van der Waals surface area contributed by atoms with Crippen LogP contribution >= 0.6 is 0 Å². The monoisotopic (exact) mass is 257 g/mol. The van der Waals surface area contributed by atoms with Crippen LogP contribution in [0.1, 0.15) is 40.5 Å². The largest absolute Gasteiger partial charge is 0.444 e. The fraction of sp³-hybridized carbons (Fsp3) is 0.923. The standard InChI is InChI=1S/C13H27N3O2/c1-10-6-5-7-16(10)11(8-14)9-15-12(17)18-13(2,3)4/h10-11H,5-9,14H2,1-4H3,(H,15,17). The van der Waals surface area contributed by atoms with E-state index in [-0.39, 0.29) is 12.1 Å². The number of amides is 1. The van der Waals surface area contributed by atoms with E-state index >= 15 is 0 Å². The van der Waals surface area contributed by atoms with Gasteiger partial charge in [0.1, 0.15) is 5.60 Å². The number of alkyl carbamates (subject to hydrolysis) is 1. The van der Waals surface area contributed by atoms with Crippen LogP contribution in [0.4, 0.5) is 4.79 Å². The van der Waals surface area contributed by atoms with Crippen molar-refractivity contribution in [1.29, 1.82) is 0 Å². The number of nitrogens with zero attached hydrogens (tertiary/aromatic N) is 1. The van der Waals surface area contributed by atoms with Gasteiger partial charge in [-0.3, -0.25) is 4.90 Å². The zero-order chi connectivity index (χ0) is 13.8. The van der Waals surface area contributed by atoms with Crippen LogP contribution in [-0.2, 0) is 4.74 Å². The quantitative estimate of drug-likeness (QED) is 0.797. The molecule has 0 bridgehead atoms. The second-order valence-electron chi connectivity index (χ2n) is 6.00. The molecule has 1 saturated heterocycles. The highest BCUT2D eigenvalue weighted by Gasteiger charge is 2.27. The molecule has 1 aliphatic rings. The predicted molar refractivity (Wildman–Crippen MR) is 72.5 cm³/mol. The molecule has 1 aliphatic heterocycles. The van der Waals surface area contributed by atoms with Gasteiger partial charge in [0.15, 0.2) is 0 Å². The van der Waals surface area contributed by atoms with Crippen molar-refractivity contribution >= 4 is 6.09 Å². The molecular weight excluding hydrogens is 230 g/mol. The van der Waals surface area contributed by atoms with Crippen molar-refractivity contribution in [3.63, 3.8) is 0 Å². The van der Waals surface area contributed by atoms with Gasteiger partial charge in [0.2, 0.25) is 0 Å². The molecular formula is C13H27N3O2. The number of hydrogen-bond donors (Lipinski definition) is 2. The van der Waals surface area contributed by atoms with Crippen molar-refractivity contribution < 1.29 is 9.53 Å². The lowest BCUT2D eigenvalue weighted by molar-refractivity contribution is 0.0506. The van der Waals surface area contributed by atoms with Crippen LogP contribution in [0, 0.1) is 0 Å². The van der Waals surface area contributed by atoms with Crippen molar-refractivity contribution in [1.82, 2.24) is 10.2 Å². The minimum atomic E-state index is -0.455. The van der Waals surface area contributed by atoms with Crippen LogP contribution in [0.25, 0.3) is 0 Å². The van der Waals surface area contributed by atoms with Gasteiger partial charge in [-0.05, 0) is 47.1 Å². The van der Waals surface area contributed by atoms with Gasteiger partial charge < -0.3 is 15.8 Å². The van der Waals surface area contributed by atoms with E-state index in [0.29, 0.717) is 19.1 Å². The second kappa shape index (κ2) is 6.38. The molecule has 0 saturated carbocycles. The summed E-state index contributed by atoms with van der Waals surface area (Å²) in [7, 11) is 0. The molecule has 2 unspecified atom stereocenters. The Morgan fingerprint density at radius 2 is 2.22 bits per heavy atom. The molecule has 3 N–H and O–H groups in total. The summed E-state index contributed by atoms with van der Waals surface area (Å²) in [5.41, 5.74) is 5.34. The van der Waals surface area contributed by atoms with Crippen molar-refractivity contribution in [2.45, 2.75) is 58.2 Å². The Bertz CT molecular complexity index is 276. The molecule has 106 valence electrons. The van der Waals surface area contributed by atoms with Gasteiger partial charge in [-0.15, -0.1) is 0 Å². The number of rotatable bonds is 4. The van der Waals surface area contributed by atoms with E-state index in [1.54, 1.807) is 0 Å².